The Hall–Kier alpha value is -6.36. The largest absolute Gasteiger partial charge is 0.465 e. The summed E-state index contributed by atoms with van der Waals surface area (Å²) < 4.78 is 9.86. The molecule has 0 saturated carbocycles. The third kappa shape index (κ3) is 11.4. The Morgan fingerprint density at radius 2 is 0.970 bits per heavy atom. The summed E-state index contributed by atoms with van der Waals surface area (Å²) in [5.74, 6) is 0.351. The van der Waals surface area contributed by atoms with Gasteiger partial charge >= 0.3 is 11.9 Å². The van der Waals surface area contributed by atoms with Crippen LogP contribution in [-0.4, -0.2) is 60.4 Å². The molecule has 10 heteroatoms. The molecule has 0 aliphatic heterocycles. The Labute approximate surface area is 390 Å². The maximum Gasteiger partial charge on any atom is 0.338 e. The summed E-state index contributed by atoms with van der Waals surface area (Å²) in [4.78, 5) is 37.0. The predicted molar refractivity (Wildman–Crippen MR) is 262 cm³/mol. The number of esters is 2. The van der Waals surface area contributed by atoms with Crippen molar-refractivity contribution in [1.82, 2.24) is 9.97 Å². The Morgan fingerprint density at radius 3 is 1.33 bits per heavy atom. The molecule has 66 heavy (non-hydrogen) atoms. The lowest BCUT2D eigenvalue weighted by Gasteiger charge is -2.28. The summed E-state index contributed by atoms with van der Waals surface area (Å²) >= 11 is 0. The highest BCUT2D eigenvalue weighted by Gasteiger charge is 2.24. The molecular weight excluding hydrogens is 825 g/mol. The molecule has 4 atom stereocenters. The number of anilines is 4. The Morgan fingerprint density at radius 1 is 0.591 bits per heavy atom. The standard InChI is InChI=1S/2C28H32N2O3/c2*1-19(31)20-9-11-24(12-10-20)30(2)25-13-14-26-21(5-4-6-22(26)17-25)7-8-23-18-29-16-15-27(23)28(32)33-3/h2*9-19,21,31H,4-8H2,1-3H3/t19-,21+;19-,21-/m10/s1. The van der Waals surface area contributed by atoms with Crippen molar-refractivity contribution in [2.45, 2.75) is 102 Å². The van der Waals surface area contributed by atoms with E-state index in [-0.39, 0.29) is 11.9 Å². The zero-order valence-electron chi connectivity index (χ0n) is 39.2. The number of methoxy groups -OCH3 is 2. The molecule has 2 aliphatic rings. The average Bonchev–Trinajstić information content (AvgIpc) is 3.36. The lowest BCUT2D eigenvalue weighted by atomic mass is 9.79. The van der Waals surface area contributed by atoms with Gasteiger partial charge in [0.2, 0.25) is 0 Å². The second kappa shape index (κ2) is 22.2. The van der Waals surface area contributed by atoms with Gasteiger partial charge in [0.1, 0.15) is 0 Å². The van der Waals surface area contributed by atoms with Gasteiger partial charge in [0.25, 0.3) is 0 Å². The number of fused-ring (bicyclic) bond motifs is 2. The van der Waals surface area contributed by atoms with Gasteiger partial charge < -0.3 is 29.5 Å². The van der Waals surface area contributed by atoms with Gasteiger partial charge in [0.15, 0.2) is 0 Å². The molecule has 0 radical (unpaired) electrons. The number of ether oxygens (including phenoxy) is 2. The summed E-state index contributed by atoms with van der Waals surface area (Å²) in [6, 6.07) is 33.2. The molecule has 0 unspecified atom stereocenters. The van der Waals surface area contributed by atoms with Crippen LogP contribution in [0.25, 0.3) is 0 Å². The van der Waals surface area contributed by atoms with E-state index < -0.39 is 12.2 Å². The van der Waals surface area contributed by atoms with Crippen LogP contribution in [0.3, 0.4) is 0 Å². The topological polar surface area (TPSA) is 125 Å². The van der Waals surface area contributed by atoms with Gasteiger partial charge in [-0.05, 0) is 195 Å². The van der Waals surface area contributed by atoms with E-state index in [1.54, 1.807) is 50.8 Å². The minimum atomic E-state index is -0.458. The number of hydrogen-bond acceptors (Lipinski definition) is 10. The van der Waals surface area contributed by atoms with E-state index in [1.807, 2.05) is 24.3 Å². The lowest BCUT2D eigenvalue weighted by molar-refractivity contribution is 0.0590. The molecule has 344 valence electrons. The van der Waals surface area contributed by atoms with E-state index in [1.165, 1.54) is 60.7 Å². The van der Waals surface area contributed by atoms with Crippen molar-refractivity contribution in [3.63, 3.8) is 0 Å². The van der Waals surface area contributed by atoms with Crippen LogP contribution in [-0.2, 0) is 35.2 Å². The highest BCUT2D eigenvalue weighted by molar-refractivity contribution is 5.91. The number of aromatic nitrogens is 2. The number of carbonyl (C=O) groups is 2. The average molecular weight is 889 g/mol. The van der Waals surface area contributed by atoms with Crippen molar-refractivity contribution in [3.05, 3.63) is 177 Å². The van der Waals surface area contributed by atoms with Gasteiger partial charge in [0, 0.05) is 61.6 Å². The number of aryl methyl sites for hydroxylation is 4. The zero-order valence-corrected chi connectivity index (χ0v) is 39.2. The molecular formula is C56H64N4O6. The number of benzene rings is 4. The third-order valence-electron chi connectivity index (χ3n) is 13.6. The van der Waals surface area contributed by atoms with Crippen molar-refractivity contribution in [2.75, 3.05) is 38.1 Å². The van der Waals surface area contributed by atoms with Crippen molar-refractivity contribution >= 4 is 34.7 Å². The number of pyridine rings is 2. The molecule has 0 fully saturated rings. The van der Waals surface area contributed by atoms with Crippen LogP contribution in [0.5, 0.6) is 0 Å². The molecule has 4 aromatic carbocycles. The smallest absolute Gasteiger partial charge is 0.338 e. The molecule has 0 spiro atoms. The van der Waals surface area contributed by atoms with E-state index in [2.05, 4.69) is 94.5 Å². The Kier molecular flexibility index (Phi) is 16.0. The molecule has 2 aliphatic carbocycles. The fraction of sp³-hybridized carbons (Fsp3) is 0.357. The summed E-state index contributed by atoms with van der Waals surface area (Å²) in [5, 5.41) is 19.5. The molecule has 6 aromatic rings. The second-order valence-electron chi connectivity index (χ2n) is 17.7. The first-order chi connectivity index (χ1) is 31.9. The first-order valence-corrected chi connectivity index (χ1v) is 23.3. The van der Waals surface area contributed by atoms with Crippen LogP contribution in [0.1, 0.15) is 142 Å². The fourth-order valence-electron chi connectivity index (χ4n) is 9.60. The van der Waals surface area contributed by atoms with Crippen LogP contribution in [0, 0.1) is 0 Å². The van der Waals surface area contributed by atoms with Crippen LogP contribution >= 0.6 is 0 Å². The highest BCUT2D eigenvalue weighted by Crippen LogP contribution is 2.40. The SMILES string of the molecule is COC(=O)c1ccncc1CC[C@@H]1CCCc2cc(N(C)c3ccc([C@@H](C)O)cc3)ccc21.COC(=O)c1ccncc1CC[C@@H]1CCCc2cc(N(C)c3ccc([C@H](C)O)cc3)ccc21. The van der Waals surface area contributed by atoms with Gasteiger partial charge in [-0.25, -0.2) is 9.59 Å². The van der Waals surface area contributed by atoms with Gasteiger partial charge in [-0.2, -0.15) is 0 Å². The number of carbonyl (C=O) groups excluding carboxylic acids is 2. The number of nitrogens with zero attached hydrogens (tertiary/aromatic N) is 4. The monoisotopic (exact) mass is 888 g/mol. The summed E-state index contributed by atoms with van der Waals surface area (Å²) in [6.45, 7) is 3.56. The zero-order chi connectivity index (χ0) is 46.7. The van der Waals surface area contributed by atoms with Gasteiger partial charge in [-0.15, -0.1) is 0 Å². The van der Waals surface area contributed by atoms with Crippen LogP contribution < -0.4 is 9.80 Å². The van der Waals surface area contributed by atoms with Crippen LogP contribution in [0.2, 0.25) is 0 Å². The Balaban J connectivity index is 0.000000196. The van der Waals surface area contributed by atoms with Crippen molar-refractivity contribution in [3.8, 4) is 0 Å². The third-order valence-corrected chi connectivity index (χ3v) is 13.6. The minimum Gasteiger partial charge on any atom is -0.465 e. The quantitative estimate of drug-likeness (QED) is 0.102. The Bertz CT molecular complexity index is 2400. The van der Waals surface area contributed by atoms with Crippen molar-refractivity contribution in [2.24, 2.45) is 0 Å². The molecule has 0 amide bonds. The van der Waals surface area contributed by atoms with Crippen LogP contribution in [0.4, 0.5) is 22.7 Å². The van der Waals surface area contributed by atoms with Gasteiger partial charge in [-0.1, -0.05) is 36.4 Å². The van der Waals surface area contributed by atoms with Gasteiger partial charge in [-0.3, -0.25) is 9.97 Å². The lowest BCUT2D eigenvalue weighted by Crippen LogP contribution is -2.15. The number of rotatable bonds is 14. The molecule has 2 aromatic heterocycles. The van der Waals surface area contributed by atoms with Crippen LogP contribution in [0.15, 0.2) is 122 Å². The summed E-state index contributed by atoms with van der Waals surface area (Å²) in [5.41, 5.74) is 15.2. The normalized spacial score (nSPS) is 16.1. The molecule has 8 rings (SSSR count). The van der Waals surface area contributed by atoms with E-state index in [0.29, 0.717) is 23.0 Å². The van der Waals surface area contributed by atoms with E-state index in [9.17, 15) is 19.8 Å². The number of hydrogen-bond donors (Lipinski definition) is 2. The maximum absolute atomic E-state index is 12.1. The molecule has 10 nitrogen and oxygen atoms in total. The second-order valence-corrected chi connectivity index (χ2v) is 17.7. The van der Waals surface area contributed by atoms with E-state index >= 15 is 0 Å². The van der Waals surface area contributed by atoms with Gasteiger partial charge in [0.05, 0.1) is 37.6 Å². The molecule has 2 heterocycles. The summed E-state index contributed by atoms with van der Waals surface area (Å²) in [6.07, 6.45) is 16.4. The predicted octanol–water partition coefficient (Wildman–Crippen LogP) is 11.5. The highest BCUT2D eigenvalue weighted by atomic mass is 16.5. The first kappa shape index (κ1) is 47.6. The number of aliphatic hydroxyl groups is 2. The molecule has 2 N–H and O–H groups in total. The maximum atomic E-state index is 12.1. The number of aliphatic hydroxyl groups excluding tert-OH is 2. The summed E-state index contributed by atoms with van der Waals surface area (Å²) in [7, 11) is 6.99. The fourth-order valence-corrected chi connectivity index (χ4v) is 9.60. The first-order valence-electron chi connectivity index (χ1n) is 23.3. The molecule has 0 saturated heterocycles. The van der Waals surface area contributed by atoms with Crippen molar-refractivity contribution < 1.29 is 29.3 Å². The van der Waals surface area contributed by atoms with E-state index in [4.69, 9.17) is 9.47 Å². The minimum absolute atomic E-state index is 0.300. The van der Waals surface area contributed by atoms with E-state index in [0.717, 1.165) is 85.0 Å². The van der Waals surface area contributed by atoms with Crippen molar-refractivity contribution in [1.29, 1.82) is 0 Å². The molecule has 0 bridgehead atoms.